The van der Waals surface area contributed by atoms with Gasteiger partial charge in [-0.15, -0.1) is 0 Å². The highest BCUT2D eigenvalue weighted by molar-refractivity contribution is 5.18. The molecule has 0 amide bonds. The first kappa shape index (κ1) is 19.6. The third-order valence-corrected chi connectivity index (χ3v) is 4.22. The molecule has 4 heteroatoms. The van der Waals surface area contributed by atoms with Gasteiger partial charge in [0.1, 0.15) is 0 Å². The second kappa shape index (κ2) is 12.6. The molecule has 0 saturated carbocycles. The van der Waals surface area contributed by atoms with Crippen LogP contribution in [0.5, 0.6) is 0 Å². The van der Waals surface area contributed by atoms with Crippen LogP contribution in [-0.2, 0) is 11.2 Å². The Morgan fingerprint density at radius 2 is 1.72 bits per heavy atom. The van der Waals surface area contributed by atoms with Crippen LogP contribution in [0.15, 0.2) is 54.7 Å². The zero-order chi connectivity index (χ0) is 17.6. The quantitative estimate of drug-likeness (QED) is 0.547. The summed E-state index contributed by atoms with van der Waals surface area (Å²) < 4.78 is 5.67. The zero-order valence-corrected chi connectivity index (χ0v) is 14.9. The van der Waals surface area contributed by atoms with E-state index in [4.69, 9.17) is 4.74 Å². The van der Waals surface area contributed by atoms with E-state index < -0.39 is 0 Å². The lowest BCUT2D eigenvalue weighted by Gasteiger charge is -2.16. The molecule has 2 aromatic rings. The Morgan fingerprint density at radius 3 is 2.48 bits per heavy atom. The van der Waals surface area contributed by atoms with Gasteiger partial charge in [0.2, 0.25) is 0 Å². The van der Waals surface area contributed by atoms with E-state index in [9.17, 15) is 5.11 Å². The Bertz CT molecular complexity index is 548. The van der Waals surface area contributed by atoms with Crippen LogP contribution >= 0.6 is 0 Å². The van der Waals surface area contributed by atoms with Crippen molar-refractivity contribution in [2.24, 2.45) is 0 Å². The molecule has 0 aliphatic carbocycles. The van der Waals surface area contributed by atoms with Crippen LogP contribution in [0.2, 0.25) is 0 Å². The lowest BCUT2D eigenvalue weighted by atomic mass is 10.1. The van der Waals surface area contributed by atoms with Crippen molar-refractivity contribution in [3.8, 4) is 0 Å². The molecule has 25 heavy (non-hydrogen) atoms. The molecule has 0 unspecified atom stereocenters. The number of benzene rings is 1. The zero-order valence-electron chi connectivity index (χ0n) is 14.9. The molecule has 2 N–H and O–H groups in total. The Hall–Kier alpha value is -1.75. The molecular formula is C21H30N2O2. The number of aromatic nitrogens is 1. The number of aliphatic hydroxyl groups is 1. The van der Waals surface area contributed by atoms with Crippen LogP contribution in [0.4, 0.5) is 0 Å². The average Bonchev–Trinajstić information content (AvgIpc) is 2.68. The average molecular weight is 342 g/mol. The van der Waals surface area contributed by atoms with Gasteiger partial charge in [0.25, 0.3) is 0 Å². The predicted molar refractivity (Wildman–Crippen MR) is 101 cm³/mol. The molecule has 0 radical (unpaired) electrons. The molecule has 0 fully saturated rings. The smallest absolute Gasteiger partial charge is 0.0626 e. The second-order valence-corrected chi connectivity index (χ2v) is 6.20. The normalized spacial score (nSPS) is 12.2. The summed E-state index contributed by atoms with van der Waals surface area (Å²) in [6, 6.07) is 16.1. The molecule has 0 aliphatic heterocycles. The van der Waals surface area contributed by atoms with Crippen molar-refractivity contribution in [1.82, 2.24) is 10.3 Å². The number of ether oxygens (including phenoxy) is 1. The molecule has 1 atom stereocenters. The van der Waals surface area contributed by atoms with Crippen LogP contribution in [0.3, 0.4) is 0 Å². The van der Waals surface area contributed by atoms with Crippen LogP contribution < -0.4 is 5.32 Å². The number of pyridine rings is 1. The van der Waals surface area contributed by atoms with E-state index in [0.717, 1.165) is 50.3 Å². The predicted octanol–water partition coefficient (Wildman–Crippen LogP) is 3.52. The lowest BCUT2D eigenvalue weighted by Crippen LogP contribution is -2.25. The summed E-state index contributed by atoms with van der Waals surface area (Å²) in [5.41, 5.74) is 2.23. The van der Waals surface area contributed by atoms with Crippen molar-refractivity contribution in [3.63, 3.8) is 0 Å². The first-order chi connectivity index (χ1) is 12.4. The van der Waals surface area contributed by atoms with Gasteiger partial charge in [-0.2, -0.15) is 0 Å². The topological polar surface area (TPSA) is 54.4 Å². The summed E-state index contributed by atoms with van der Waals surface area (Å²) in [5.74, 6) is 0. The highest BCUT2D eigenvalue weighted by Gasteiger charge is 2.07. The minimum Gasteiger partial charge on any atom is -0.394 e. The first-order valence-electron chi connectivity index (χ1n) is 9.27. The van der Waals surface area contributed by atoms with Crippen molar-refractivity contribution in [2.75, 3.05) is 26.4 Å². The minimum atomic E-state index is 0.0381. The van der Waals surface area contributed by atoms with Gasteiger partial charge in [0.15, 0.2) is 0 Å². The number of hydrogen-bond donors (Lipinski definition) is 2. The number of hydrogen-bond acceptors (Lipinski definition) is 4. The molecular weight excluding hydrogens is 312 g/mol. The second-order valence-electron chi connectivity index (χ2n) is 6.20. The molecule has 136 valence electrons. The van der Waals surface area contributed by atoms with Gasteiger partial charge < -0.3 is 15.2 Å². The van der Waals surface area contributed by atoms with Crippen molar-refractivity contribution in [3.05, 3.63) is 66.0 Å². The van der Waals surface area contributed by atoms with Crippen molar-refractivity contribution < 1.29 is 9.84 Å². The van der Waals surface area contributed by atoms with Gasteiger partial charge in [-0.05, 0) is 37.1 Å². The third-order valence-electron chi connectivity index (χ3n) is 4.22. The number of nitrogens with zero attached hydrogens (tertiary/aromatic N) is 1. The maximum Gasteiger partial charge on any atom is 0.0626 e. The van der Waals surface area contributed by atoms with Crippen LogP contribution in [0, 0.1) is 0 Å². The van der Waals surface area contributed by atoms with Gasteiger partial charge in [-0.25, -0.2) is 0 Å². The lowest BCUT2D eigenvalue weighted by molar-refractivity contribution is 0.132. The van der Waals surface area contributed by atoms with E-state index in [2.05, 4.69) is 22.4 Å². The fourth-order valence-corrected chi connectivity index (χ4v) is 2.76. The van der Waals surface area contributed by atoms with Crippen molar-refractivity contribution in [1.29, 1.82) is 0 Å². The van der Waals surface area contributed by atoms with E-state index in [0.29, 0.717) is 0 Å². The van der Waals surface area contributed by atoms with Crippen molar-refractivity contribution in [2.45, 2.75) is 38.1 Å². The molecule has 1 heterocycles. The first-order valence-corrected chi connectivity index (χ1v) is 9.27. The maximum atomic E-state index is 9.50. The fourth-order valence-electron chi connectivity index (χ4n) is 2.76. The molecule has 1 aromatic carbocycles. The Balaban J connectivity index is 1.43. The monoisotopic (exact) mass is 342 g/mol. The molecule has 4 nitrogen and oxygen atoms in total. The third kappa shape index (κ3) is 8.25. The molecule has 0 spiro atoms. The van der Waals surface area contributed by atoms with Gasteiger partial charge >= 0.3 is 0 Å². The highest BCUT2D eigenvalue weighted by atomic mass is 16.5. The van der Waals surface area contributed by atoms with Crippen molar-refractivity contribution >= 4 is 0 Å². The number of aliphatic hydroxyl groups excluding tert-OH is 1. The summed E-state index contributed by atoms with van der Waals surface area (Å²) in [6.07, 6.45) is 7.29. The standard InChI is InChI=1S/C21H30N2O2/c24-18-21(19-10-4-3-5-11-19)23-15-7-1-2-9-16-25-17-13-20-12-6-8-14-22-20/h3-6,8,10-12,14,21,23-24H,1-2,7,9,13,15-18H2/t21-/m0/s1. The Kier molecular flexibility index (Phi) is 9.86. The van der Waals surface area contributed by atoms with Gasteiger partial charge in [-0.3, -0.25) is 4.98 Å². The van der Waals surface area contributed by atoms with Crippen LogP contribution in [-0.4, -0.2) is 36.5 Å². The van der Waals surface area contributed by atoms with E-state index in [-0.39, 0.29) is 12.6 Å². The minimum absolute atomic E-state index is 0.0381. The van der Waals surface area contributed by atoms with E-state index in [1.165, 1.54) is 12.8 Å². The highest BCUT2D eigenvalue weighted by Crippen LogP contribution is 2.11. The molecule has 1 aromatic heterocycles. The molecule has 0 aliphatic rings. The number of unbranched alkanes of at least 4 members (excludes halogenated alkanes) is 3. The molecule has 0 bridgehead atoms. The largest absolute Gasteiger partial charge is 0.394 e. The fraction of sp³-hybridized carbons (Fsp3) is 0.476. The number of nitrogens with one attached hydrogen (secondary N) is 1. The summed E-state index contributed by atoms with van der Waals surface area (Å²) in [4.78, 5) is 4.28. The van der Waals surface area contributed by atoms with E-state index in [1.807, 2.05) is 42.6 Å². The summed E-state index contributed by atoms with van der Waals surface area (Å²) in [6.45, 7) is 2.63. The van der Waals surface area contributed by atoms with E-state index >= 15 is 0 Å². The summed E-state index contributed by atoms with van der Waals surface area (Å²) in [5, 5.41) is 12.9. The summed E-state index contributed by atoms with van der Waals surface area (Å²) in [7, 11) is 0. The summed E-state index contributed by atoms with van der Waals surface area (Å²) >= 11 is 0. The Labute approximate surface area is 151 Å². The van der Waals surface area contributed by atoms with Crippen LogP contribution in [0.1, 0.15) is 43.0 Å². The molecule has 0 saturated heterocycles. The maximum absolute atomic E-state index is 9.50. The van der Waals surface area contributed by atoms with Gasteiger partial charge in [0, 0.05) is 24.9 Å². The van der Waals surface area contributed by atoms with E-state index in [1.54, 1.807) is 0 Å². The van der Waals surface area contributed by atoms with Crippen LogP contribution in [0.25, 0.3) is 0 Å². The number of rotatable bonds is 13. The van der Waals surface area contributed by atoms with Gasteiger partial charge in [0.05, 0.1) is 19.3 Å². The van der Waals surface area contributed by atoms with Gasteiger partial charge in [-0.1, -0.05) is 49.2 Å². The molecule has 2 rings (SSSR count). The SMILES string of the molecule is OC[C@H](NCCCCCCOCCc1ccccn1)c1ccccc1. The Morgan fingerprint density at radius 1 is 0.920 bits per heavy atom.